The third-order valence-electron chi connectivity index (χ3n) is 2.91. The molecule has 88 valence electrons. The second kappa shape index (κ2) is 5.23. The molecule has 1 aliphatic rings. The Morgan fingerprint density at radius 2 is 2.44 bits per heavy atom. The highest BCUT2D eigenvalue weighted by Crippen LogP contribution is 2.24. The number of alkyl halides is 1. The smallest absolute Gasteiger partial charge is 0.258 e. The summed E-state index contributed by atoms with van der Waals surface area (Å²) in [6.45, 7) is 0.786. The molecule has 1 saturated heterocycles. The summed E-state index contributed by atoms with van der Waals surface area (Å²) < 4.78 is 5.58. The molecule has 0 aliphatic carbocycles. The summed E-state index contributed by atoms with van der Waals surface area (Å²) in [4.78, 5) is 14.1. The number of halogens is 2. The van der Waals surface area contributed by atoms with Crippen molar-refractivity contribution in [1.29, 1.82) is 0 Å². The molecule has 5 heteroatoms. The minimum Gasteiger partial charge on any atom is -0.457 e. The lowest BCUT2D eigenvalue weighted by Gasteiger charge is -2.34. The van der Waals surface area contributed by atoms with Gasteiger partial charge in [-0.25, -0.2) is 0 Å². The van der Waals surface area contributed by atoms with Crippen molar-refractivity contribution in [3.8, 4) is 0 Å². The summed E-state index contributed by atoms with van der Waals surface area (Å²) in [5.41, 5.74) is 0.581. The van der Waals surface area contributed by atoms with Crippen LogP contribution >= 0.6 is 27.5 Å². The Labute approximate surface area is 108 Å². The Morgan fingerprint density at radius 3 is 3.06 bits per heavy atom. The fourth-order valence-electron chi connectivity index (χ4n) is 2.03. The van der Waals surface area contributed by atoms with Crippen LogP contribution in [0.3, 0.4) is 0 Å². The molecule has 0 spiro atoms. The lowest BCUT2D eigenvalue weighted by molar-refractivity contribution is 0.0637. The van der Waals surface area contributed by atoms with Gasteiger partial charge in [-0.1, -0.05) is 0 Å². The van der Waals surface area contributed by atoms with Crippen LogP contribution in [-0.2, 0) is 0 Å². The Kier molecular flexibility index (Phi) is 3.92. The standard InChI is InChI=1S/C11H13BrClNO2/c12-10-9(4-6-16-10)11(15)14-5-2-1-3-8(14)7-13/h4,6,8H,1-3,5,7H2. The van der Waals surface area contributed by atoms with Crippen molar-refractivity contribution in [2.45, 2.75) is 25.3 Å². The molecule has 0 bridgehead atoms. The number of hydrogen-bond acceptors (Lipinski definition) is 2. The lowest BCUT2D eigenvalue weighted by Crippen LogP contribution is -2.44. The van der Waals surface area contributed by atoms with Crippen molar-refractivity contribution in [3.05, 3.63) is 22.6 Å². The predicted octanol–water partition coefficient (Wildman–Crippen LogP) is 3.28. The number of carbonyl (C=O) groups excluding carboxylic acids is 1. The minimum atomic E-state index is 0.00553. The second-order valence-corrected chi connectivity index (χ2v) is 4.94. The van der Waals surface area contributed by atoms with E-state index in [0.29, 0.717) is 16.1 Å². The van der Waals surface area contributed by atoms with Crippen LogP contribution in [0.2, 0.25) is 0 Å². The average molecular weight is 307 g/mol. The molecule has 2 rings (SSSR count). The first-order valence-corrected chi connectivity index (χ1v) is 6.66. The van der Waals surface area contributed by atoms with Crippen LogP contribution in [0, 0.1) is 0 Å². The van der Waals surface area contributed by atoms with Crippen molar-refractivity contribution in [1.82, 2.24) is 4.90 Å². The van der Waals surface area contributed by atoms with Crippen LogP contribution in [-0.4, -0.2) is 29.3 Å². The summed E-state index contributed by atoms with van der Waals surface area (Å²) in [6, 6.07) is 1.84. The van der Waals surface area contributed by atoms with Gasteiger partial charge < -0.3 is 9.32 Å². The zero-order valence-electron chi connectivity index (χ0n) is 8.79. The third-order valence-corrected chi connectivity index (χ3v) is 3.88. The maximum absolute atomic E-state index is 12.2. The van der Waals surface area contributed by atoms with E-state index >= 15 is 0 Å². The molecule has 1 fully saturated rings. The van der Waals surface area contributed by atoms with E-state index in [4.69, 9.17) is 16.0 Å². The molecule has 1 aromatic heterocycles. The van der Waals surface area contributed by atoms with Gasteiger partial charge in [0.15, 0.2) is 4.67 Å². The molecular weight excluding hydrogens is 293 g/mol. The zero-order chi connectivity index (χ0) is 11.5. The van der Waals surface area contributed by atoms with E-state index in [-0.39, 0.29) is 11.9 Å². The van der Waals surface area contributed by atoms with Crippen molar-refractivity contribution >= 4 is 33.4 Å². The molecular formula is C11H13BrClNO2. The average Bonchev–Trinajstić information content (AvgIpc) is 2.74. The van der Waals surface area contributed by atoms with Crippen LogP contribution in [0.4, 0.5) is 0 Å². The summed E-state index contributed by atoms with van der Waals surface area (Å²) in [5, 5.41) is 0. The summed E-state index contributed by atoms with van der Waals surface area (Å²) >= 11 is 9.12. The topological polar surface area (TPSA) is 33.5 Å². The largest absolute Gasteiger partial charge is 0.457 e. The van der Waals surface area contributed by atoms with Gasteiger partial charge in [0.25, 0.3) is 5.91 Å². The van der Waals surface area contributed by atoms with Gasteiger partial charge in [0.05, 0.1) is 11.8 Å². The minimum absolute atomic E-state index is 0.00553. The number of carbonyl (C=O) groups is 1. The van der Waals surface area contributed by atoms with E-state index in [1.807, 2.05) is 4.90 Å². The highest BCUT2D eigenvalue weighted by atomic mass is 79.9. The molecule has 0 radical (unpaired) electrons. The molecule has 0 N–H and O–H groups in total. The van der Waals surface area contributed by atoms with E-state index in [1.54, 1.807) is 6.07 Å². The molecule has 1 aliphatic heterocycles. The Hall–Kier alpha value is -0.480. The first kappa shape index (κ1) is 12.0. The Morgan fingerprint density at radius 1 is 1.62 bits per heavy atom. The Bertz CT molecular complexity index is 380. The maximum atomic E-state index is 12.2. The zero-order valence-corrected chi connectivity index (χ0v) is 11.1. The fraction of sp³-hybridized carbons (Fsp3) is 0.545. The Balaban J connectivity index is 2.17. The third kappa shape index (κ3) is 2.28. The fourth-order valence-corrected chi connectivity index (χ4v) is 2.76. The first-order chi connectivity index (χ1) is 7.74. The monoisotopic (exact) mass is 305 g/mol. The first-order valence-electron chi connectivity index (χ1n) is 5.34. The van der Waals surface area contributed by atoms with Crippen molar-refractivity contribution in [2.24, 2.45) is 0 Å². The van der Waals surface area contributed by atoms with Crippen molar-refractivity contribution in [2.75, 3.05) is 12.4 Å². The molecule has 0 saturated carbocycles. The van der Waals surface area contributed by atoms with Gasteiger partial charge >= 0.3 is 0 Å². The predicted molar refractivity (Wildman–Crippen MR) is 65.8 cm³/mol. The number of nitrogens with zero attached hydrogens (tertiary/aromatic N) is 1. The normalized spacial score (nSPS) is 21.1. The van der Waals surface area contributed by atoms with Gasteiger partial charge in [-0.3, -0.25) is 4.79 Å². The van der Waals surface area contributed by atoms with E-state index < -0.39 is 0 Å². The molecule has 3 nitrogen and oxygen atoms in total. The number of piperidine rings is 1. The number of hydrogen-bond donors (Lipinski definition) is 0. The van der Waals surface area contributed by atoms with Crippen molar-refractivity contribution < 1.29 is 9.21 Å². The summed E-state index contributed by atoms with van der Waals surface area (Å²) in [6.07, 6.45) is 4.70. The number of furan rings is 1. The van der Waals surface area contributed by atoms with Gasteiger partial charge in [0.2, 0.25) is 0 Å². The van der Waals surface area contributed by atoms with Gasteiger partial charge in [0.1, 0.15) is 0 Å². The second-order valence-electron chi connectivity index (χ2n) is 3.91. The van der Waals surface area contributed by atoms with Gasteiger partial charge in [0, 0.05) is 18.5 Å². The van der Waals surface area contributed by atoms with Crippen LogP contribution < -0.4 is 0 Å². The number of likely N-dealkylation sites (tertiary alicyclic amines) is 1. The van der Waals surface area contributed by atoms with Gasteiger partial charge in [-0.05, 0) is 41.3 Å². The summed E-state index contributed by atoms with van der Waals surface area (Å²) in [5.74, 6) is 0.507. The number of amides is 1. The van der Waals surface area contributed by atoms with E-state index in [0.717, 1.165) is 25.8 Å². The molecule has 16 heavy (non-hydrogen) atoms. The molecule has 1 amide bonds. The van der Waals surface area contributed by atoms with E-state index in [9.17, 15) is 4.79 Å². The van der Waals surface area contributed by atoms with Crippen LogP contribution in [0.1, 0.15) is 29.6 Å². The SMILES string of the molecule is O=C(c1ccoc1Br)N1CCCCC1CCl. The molecule has 2 heterocycles. The highest BCUT2D eigenvalue weighted by Gasteiger charge is 2.28. The van der Waals surface area contributed by atoms with E-state index in [1.165, 1.54) is 6.26 Å². The van der Waals surface area contributed by atoms with Gasteiger partial charge in [-0.2, -0.15) is 0 Å². The summed E-state index contributed by atoms with van der Waals surface area (Å²) in [7, 11) is 0. The number of rotatable bonds is 2. The lowest BCUT2D eigenvalue weighted by atomic mass is 10.0. The molecule has 1 atom stereocenters. The van der Waals surface area contributed by atoms with Crippen LogP contribution in [0.15, 0.2) is 21.4 Å². The van der Waals surface area contributed by atoms with E-state index in [2.05, 4.69) is 15.9 Å². The molecule has 0 aromatic carbocycles. The van der Waals surface area contributed by atoms with Crippen LogP contribution in [0.25, 0.3) is 0 Å². The molecule has 1 unspecified atom stereocenters. The maximum Gasteiger partial charge on any atom is 0.258 e. The molecule has 1 aromatic rings. The highest BCUT2D eigenvalue weighted by molar-refractivity contribution is 9.10. The van der Waals surface area contributed by atoms with Gasteiger partial charge in [-0.15, -0.1) is 11.6 Å². The van der Waals surface area contributed by atoms with Crippen molar-refractivity contribution in [3.63, 3.8) is 0 Å². The van der Waals surface area contributed by atoms with Crippen LogP contribution in [0.5, 0.6) is 0 Å². The quantitative estimate of drug-likeness (QED) is 0.786.